The zero-order valence-corrected chi connectivity index (χ0v) is 11.3. The monoisotopic (exact) mass is 249 g/mol. The van der Waals surface area contributed by atoms with Gasteiger partial charge in [0.15, 0.2) is 0 Å². The number of aromatic nitrogens is 1. The van der Waals surface area contributed by atoms with Gasteiger partial charge in [0.25, 0.3) is 5.91 Å². The van der Waals surface area contributed by atoms with Gasteiger partial charge in [-0.05, 0) is 57.8 Å². The van der Waals surface area contributed by atoms with Crippen molar-refractivity contribution in [2.45, 2.75) is 32.7 Å². The van der Waals surface area contributed by atoms with Crippen LogP contribution >= 0.6 is 0 Å². The SMILES string of the molecule is CC(C)n1cccc1C(=O)NCCC1CCNC1. The highest BCUT2D eigenvalue weighted by molar-refractivity contribution is 5.92. The van der Waals surface area contributed by atoms with E-state index in [1.54, 1.807) is 0 Å². The Labute approximate surface area is 109 Å². The molecule has 4 heteroatoms. The first-order valence-corrected chi connectivity index (χ1v) is 6.84. The van der Waals surface area contributed by atoms with Gasteiger partial charge >= 0.3 is 0 Å². The van der Waals surface area contributed by atoms with E-state index in [1.165, 1.54) is 6.42 Å². The van der Waals surface area contributed by atoms with Gasteiger partial charge in [-0.15, -0.1) is 0 Å². The fourth-order valence-electron chi connectivity index (χ4n) is 2.48. The van der Waals surface area contributed by atoms with Crippen LogP contribution in [0.1, 0.15) is 43.2 Å². The van der Waals surface area contributed by atoms with Crippen molar-refractivity contribution in [1.82, 2.24) is 15.2 Å². The quantitative estimate of drug-likeness (QED) is 0.836. The summed E-state index contributed by atoms with van der Waals surface area (Å²) in [5.74, 6) is 0.766. The second kappa shape index (κ2) is 6.05. The van der Waals surface area contributed by atoms with Crippen LogP contribution in [0, 0.1) is 5.92 Å². The Hall–Kier alpha value is -1.29. The molecule has 1 aromatic heterocycles. The van der Waals surface area contributed by atoms with Gasteiger partial charge in [-0.3, -0.25) is 4.79 Å². The van der Waals surface area contributed by atoms with Crippen molar-refractivity contribution < 1.29 is 4.79 Å². The van der Waals surface area contributed by atoms with E-state index in [2.05, 4.69) is 24.5 Å². The molecule has 1 aliphatic heterocycles. The molecule has 2 rings (SSSR count). The molecule has 0 bridgehead atoms. The molecule has 0 aromatic carbocycles. The third-order valence-electron chi connectivity index (χ3n) is 3.57. The van der Waals surface area contributed by atoms with Crippen molar-refractivity contribution in [3.63, 3.8) is 0 Å². The minimum Gasteiger partial charge on any atom is -0.351 e. The van der Waals surface area contributed by atoms with E-state index in [4.69, 9.17) is 0 Å². The van der Waals surface area contributed by atoms with Gasteiger partial charge in [0.05, 0.1) is 0 Å². The molecule has 0 radical (unpaired) electrons. The lowest BCUT2D eigenvalue weighted by Crippen LogP contribution is -2.28. The zero-order chi connectivity index (χ0) is 13.0. The minimum absolute atomic E-state index is 0.0413. The summed E-state index contributed by atoms with van der Waals surface area (Å²) in [6, 6.07) is 4.13. The topological polar surface area (TPSA) is 46.1 Å². The van der Waals surface area contributed by atoms with Gasteiger partial charge in [0, 0.05) is 18.8 Å². The van der Waals surface area contributed by atoms with E-state index < -0.39 is 0 Å². The van der Waals surface area contributed by atoms with E-state index in [-0.39, 0.29) is 5.91 Å². The average Bonchev–Trinajstić information content (AvgIpc) is 2.99. The number of carbonyl (C=O) groups excluding carboxylic acids is 1. The second-order valence-corrected chi connectivity index (χ2v) is 5.30. The molecule has 2 N–H and O–H groups in total. The van der Waals surface area contributed by atoms with E-state index in [9.17, 15) is 4.79 Å². The van der Waals surface area contributed by atoms with Crippen LogP contribution < -0.4 is 10.6 Å². The average molecular weight is 249 g/mol. The lowest BCUT2D eigenvalue weighted by atomic mass is 10.1. The molecule has 0 saturated carbocycles. The Kier molecular flexibility index (Phi) is 4.42. The molecular formula is C14H23N3O. The van der Waals surface area contributed by atoms with E-state index in [0.717, 1.165) is 37.7 Å². The van der Waals surface area contributed by atoms with Crippen LogP contribution in [0.3, 0.4) is 0 Å². The number of carbonyl (C=O) groups is 1. The van der Waals surface area contributed by atoms with Crippen LogP contribution in [0.25, 0.3) is 0 Å². The van der Waals surface area contributed by atoms with Crippen LogP contribution in [0.15, 0.2) is 18.3 Å². The summed E-state index contributed by atoms with van der Waals surface area (Å²) >= 11 is 0. The maximum absolute atomic E-state index is 12.1. The number of hydrogen-bond acceptors (Lipinski definition) is 2. The molecular weight excluding hydrogens is 226 g/mol. The van der Waals surface area contributed by atoms with Crippen LogP contribution in [0.2, 0.25) is 0 Å². The fourth-order valence-corrected chi connectivity index (χ4v) is 2.48. The molecule has 2 heterocycles. The summed E-state index contributed by atoms with van der Waals surface area (Å²) in [4.78, 5) is 12.1. The smallest absolute Gasteiger partial charge is 0.267 e. The first-order chi connectivity index (χ1) is 8.68. The molecule has 0 spiro atoms. The highest BCUT2D eigenvalue weighted by Gasteiger charge is 2.16. The van der Waals surface area contributed by atoms with Crippen LogP contribution in [-0.4, -0.2) is 30.1 Å². The number of rotatable bonds is 5. The molecule has 1 amide bonds. The van der Waals surface area contributed by atoms with Crippen molar-refractivity contribution in [1.29, 1.82) is 0 Å². The van der Waals surface area contributed by atoms with Gasteiger partial charge in [0.2, 0.25) is 0 Å². The largest absolute Gasteiger partial charge is 0.351 e. The lowest BCUT2D eigenvalue weighted by Gasteiger charge is -2.13. The van der Waals surface area contributed by atoms with E-state index in [1.807, 2.05) is 22.9 Å². The maximum Gasteiger partial charge on any atom is 0.267 e. The summed E-state index contributed by atoms with van der Waals surface area (Å²) in [6.07, 6.45) is 4.26. The summed E-state index contributed by atoms with van der Waals surface area (Å²) < 4.78 is 2.01. The predicted octanol–water partition coefficient (Wildman–Crippen LogP) is 1.80. The summed E-state index contributed by atoms with van der Waals surface area (Å²) in [5, 5.41) is 6.36. The number of nitrogens with one attached hydrogen (secondary N) is 2. The Morgan fingerprint density at radius 2 is 2.44 bits per heavy atom. The van der Waals surface area contributed by atoms with Crippen LogP contribution in [0.4, 0.5) is 0 Å². The molecule has 1 aromatic rings. The standard InChI is InChI=1S/C14H23N3O/c1-11(2)17-9-3-4-13(17)14(18)16-8-6-12-5-7-15-10-12/h3-4,9,11-12,15H,5-8,10H2,1-2H3,(H,16,18). The van der Waals surface area contributed by atoms with Gasteiger partial charge in [-0.2, -0.15) is 0 Å². The van der Waals surface area contributed by atoms with Crippen molar-refractivity contribution in [2.75, 3.05) is 19.6 Å². The van der Waals surface area contributed by atoms with Crippen molar-refractivity contribution in [3.05, 3.63) is 24.0 Å². The maximum atomic E-state index is 12.1. The molecule has 0 aliphatic carbocycles. The lowest BCUT2D eigenvalue weighted by molar-refractivity contribution is 0.0941. The van der Waals surface area contributed by atoms with Gasteiger partial charge < -0.3 is 15.2 Å². The Morgan fingerprint density at radius 1 is 1.61 bits per heavy atom. The fraction of sp³-hybridized carbons (Fsp3) is 0.643. The number of nitrogens with zero attached hydrogens (tertiary/aromatic N) is 1. The van der Waals surface area contributed by atoms with Crippen molar-refractivity contribution in [2.24, 2.45) is 5.92 Å². The van der Waals surface area contributed by atoms with Crippen LogP contribution in [0.5, 0.6) is 0 Å². The number of hydrogen-bond donors (Lipinski definition) is 2. The highest BCUT2D eigenvalue weighted by atomic mass is 16.1. The molecule has 1 fully saturated rings. The molecule has 18 heavy (non-hydrogen) atoms. The summed E-state index contributed by atoms with van der Waals surface area (Å²) in [5.41, 5.74) is 0.759. The first-order valence-electron chi connectivity index (χ1n) is 6.84. The van der Waals surface area contributed by atoms with Gasteiger partial charge in [0.1, 0.15) is 5.69 Å². The third-order valence-corrected chi connectivity index (χ3v) is 3.57. The van der Waals surface area contributed by atoms with Gasteiger partial charge in [-0.1, -0.05) is 0 Å². The van der Waals surface area contributed by atoms with E-state index >= 15 is 0 Å². The Balaban J connectivity index is 1.81. The second-order valence-electron chi connectivity index (χ2n) is 5.30. The Bertz CT molecular complexity index is 391. The molecule has 1 atom stereocenters. The van der Waals surface area contributed by atoms with Gasteiger partial charge in [-0.25, -0.2) is 0 Å². The zero-order valence-electron chi connectivity index (χ0n) is 11.3. The Morgan fingerprint density at radius 3 is 3.11 bits per heavy atom. The first kappa shape index (κ1) is 13.1. The minimum atomic E-state index is 0.0413. The van der Waals surface area contributed by atoms with Crippen molar-refractivity contribution in [3.8, 4) is 0 Å². The molecule has 1 saturated heterocycles. The molecule has 1 unspecified atom stereocenters. The number of amides is 1. The molecule has 4 nitrogen and oxygen atoms in total. The molecule has 1 aliphatic rings. The highest BCUT2D eigenvalue weighted by Crippen LogP contribution is 2.12. The van der Waals surface area contributed by atoms with Crippen molar-refractivity contribution >= 4 is 5.91 Å². The third kappa shape index (κ3) is 3.13. The van der Waals surface area contributed by atoms with E-state index in [0.29, 0.717) is 6.04 Å². The predicted molar refractivity (Wildman–Crippen MR) is 72.7 cm³/mol. The molecule has 100 valence electrons. The normalized spacial score (nSPS) is 19.4. The van der Waals surface area contributed by atoms with Crippen LogP contribution in [-0.2, 0) is 0 Å². The summed E-state index contributed by atoms with van der Waals surface area (Å²) in [6.45, 7) is 7.16. The summed E-state index contributed by atoms with van der Waals surface area (Å²) in [7, 11) is 0.